The largest absolute Gasteiger partial charge is 0.456 e. The van der Waals surface area contributed by atoms with Crippen LogP contribution in [-0.2, 0) is 19.1 Å². The molecule has 152 valence electrons. The Kier molecular flexibility index (Phi) is 8.28. The van der Waals surface area contributed by atoms with E-state index in [1.807, 2.05) is 0 Å². The number of nitrogens with zero attached hydrogens (tertiary/aromatic N) is 1. The average Bonchev–Trinajstić information content (AvgIpc) is 2.68. The second kappa shape index (κ2) is 10.9. The highest BCUT2D eigenvalue weighted by Crippen LogP contribution is 2.17. The molecular formula is C19H18BrN3O6. The van der Waals surface area contributed by atoms with E-state index in [-0.39, 0.29) is 36.5 Å². The molecule has 0 bridgehead atoms. The Morgan fingerprint density at radius 1 is 0.966 bits per heavy atom. The van der Waals surface area contributed by atoms with Gasteiger partial charge in [0.25, 0.3) is 11.6 Å². The average molecular weight is 464 g/mol. The predicted octanol–water partition coefficient (Wildman–Crippen LogP) is 3.65. The summed E-state index contributed by atoms with van der Waals surface area (Å²) in [4.78, 5) is 45.4. The zero-order valence-electron chi connectivity index (χ0n) is 15.2. The van der Waals surface area contributed by atoms with E-state index in [2.05, 4.69) is 26.6 Å². The minimum Gasteiger partial charge on any atom is -0.456 e. The van der Waals surface area contributed by atoms with Crippen molar-refractivity contribution < 1.29 is 24.0 Å². The number of esters is 1. The summed E-state index contributed by atoms with van der Waals surface area (Å²) in [6.07, 6.45) is 0.385. The van der Waals surface area contributed by atoms with E-state index in [0.29, 0.717) is 5.69 Å². The lowest BCUT2D eigenvalue weighted by atomic mass is 10.2. The van der Waals surface area contributed by atoms with Gasteiger partial charge in [-0.05, 0) is 36.8 Å². The molecule has 2 amide bonds. The van der Waals surface area contributed by atoms with Gasteiger partial charge < -0.3 is 15.4 Å². The van der Waals surface area contributed by atoms with Crippen molar-refractivity contribution in [2.45, 2.75) is 19.3 Å². The van der Waals surface area contributed by atoms with Gasteiger partial charge in [0.1, 0.15) is 0 Å². The Morgan fingerprint density at radius 2 is 1.66 bits per heavy atom. The molecular weight excluding hydrogens is 446 g/mol. The van der Waals surface area contributed by atoms with Crippen LogP contribution in [0.25, 0.3) is 0 Å². The molecule has 10 heteroatoms. The van der Waals surface area contributed by atoms with Crippen LogP contribution in [0, 0.1) is 10.1 Å². The Hall–Kier alpha value is -3.27. The van der Waals surface area contributed by atoms with E-state index in [1.165, 1.54) is 24.3 Å². The van der Waals surface area contributed by atoms with Crippen LogP contribution in [0.1, 0.15) is 19.3 Å². The standard InChI is InChI=1S/C19H18BrN3O6/c20-13-7-9-14(10-8-13)21-17(24)5-2-6-19(26)29-12-18(25)22-15-3-1-4-16(11-15)23(27)28/h1,3-4,7-11H,2,5-6,12H2,(H,21,24)(H,22,25). The van der Waals surface area contributed by atoms with Gasteiger partial charge in [-0.2, -0.15) is 0 Å². The first kappa shape index (κ1) is 22.0. The molecule has 29 heavy (non-hydrogen) atoms. The number of carbonyl (C=O) groups is 3. The summed E-state index contributed by atoms with van der Waals surface area (Å²) in [6, 6.07) is 12.5. The Balaban J connectivity index is 1.65. The maximum atomic E-state index is 11.8. The number of ether oxygens (including phenoxy) is 1. The van der Waals surface area contributed by atoms with Crippen LogP contribution in [0.15, 0.2) is 53.0 Å². The van der Waals surface area contributed by atoms with Crippen LogP contribution < -0.4 is 10.6 Å². The van der Waals surface area contributed by atoms with Crippen LogP contribution in [0.3, 0.4) is 0 Å². The third kappa shape index (κ3) is 8.09. The van der Waals surface area contributed by atoms with Crippen LogP contribution in [0.2, 0.25) is 0 Å². The number of halogens is 1. The number of non-ortho nitro benzene ring substituents is 1. The summed E-state index contributed by atoms with van der Waals surface area (Å²) < 4.78 is 5.74. The van der Waals surface area contributed by atoms with Crippen molar-refractivity contribution in [1.82, 2.24) is 0 Å². The fourth-order valence-corrected chi connectivity index (χ4v) is 2.53. The molecule has 2 N–H and O–H groups in total. The molecule has 0 heterocycles. The topological polar surface area (TPSA) is 128 Å². The van der Waals surface area contributed by atoms with Gasteiger partial charge in [0.2, 0.25) is 5.91 Å². The fourth-order valence-electron chi connectivity index (χ4n) is 2.26. The van der Waals surface area contributed by atoms with Crippen molar-refractivity contribution >= 4 is 50.8 Å². The van der Waals surface area contributed by atoms with Crippen LogP contribution in [0.4, 0.5) is 17.1 Å². The number of benzene rings is 2. The number of nitro groups is 1. The molecule has 0 radical (unpaired) electrons. The van der Waals surface area contributed by atoms with Gasteiger partial charge >= 0.3 is 5.97 Å². The number of anilines is 2. The van der Waals surface area contributed by atoms with Gasteiger partial charge in [0, 0.05) is 40.8 Å². The van der Waals surface area contributed by atoms with Crippen molar-refractivity contribution in [3.63, 3.8) is 0 Å². The Morgan fingerprint density at radius 3 is 2.34 bits per heavy atom. The number of nitro benzene ring substituents is 1. The number of hydrogen-bond donors (Lipinski definition) is 2. The molecule has 9 nitrogen and oxygen atoms in total. The van der Waals surface area contributed by atoms with E-state index < -0.39 is 23.4 Å². The number of amides is 2. The maximum absolute atomic E-state index is 11.8. The molecule has 0 aliphatic heterocycles. The maximum Gasteiger partial charge on any atom is 0.306 e. The minimum absolute atomic E-state index is 0.0160. The van der Waals surface area contributed by atoms with E-state index in [1.54, 1.807) is 24.3 Å². The summed E-state index contributed by atoms with van der Waals surface area (Å²) in [5.41, 5.74) is 0.713. The first-order valence-corrected chi connectivity index (χ1v) is 9.38. The Bertz CT molecular complexity index is 901. The summed E-state index contributed by atoms with van der Waals surface area (Å²) in [6.45, 7) is -0.521. The van der Waals surface area contributed by atoms with Crippen molar-refractivity contribution in [3.05, 3.63) is 63.1 Å². The Labute approximate surface area is 174 Å². The highest BCUT2D eigenvalue weighted by atomic mass is 79.9. The molecule has 0 aromatic heterocycles. The first-order chi connectivity index (χ1) is 13.8. The van der Waals surface area contributed by atoms with E-state index in [4.69, 9.17) is 4.74 Å². The molecule has 0 unspecified atom stereocenters. The third-order valence-electron chi connectivity index (χ3n) is 3.62. The molecule has 2 rings (SSSR count). The van der Waals surface area contributed by atoms with Gasteiger partial charge in [0.05, 0.1) is 4.92 Å². The third-order valence-corrected chi connectivity index (χ3v) is 4.15. The number of hydrogen-bond acceptors (Lipinski definition) is 6. The van der Waals surface area contributed by atoms with Crippen molar-refractivity contribution in [1.29, 1.82) is 0 Å². The number of carbonyl (C=O) groups excluding carboxylic acids is 3. The van der Waals surface area contributed by atoms with Gasteiger partial charge in [-0.3, -0.25) is 24.5 Å². The molecule has 0 aliphatic carbocycles. The summed E-state index contributed by atoms with van der Waals surface area (Å²) in [5.74, 6) is -1.47. The highest BCUT2D eigenvalue weighted by molar-refractivity contribution is 9.10. The van der Waals surface area contributed by atoms with Crippen LogP contribution in [0.5, 0.6) is 0 Å². The molecule has 0 aliphatic rings. The lowest BCUT2D eigenvalue weighted by molar-refractivity contribution is -0.384. The van der Waals surface area contributed by atoms with Crippen LogP contribution >= 0.6 is 15.9 Å². The summed E-state index contributed by atoms with van der Waals surface area (Å²) >= 11 is 3.30. The number of nitrogens with one attached hydrogen (secondary N) is 2. The molecule has 0 atom stereocenters. The van der Waals surface area contributed by atoms with Crippen molar-refractivity contribution in [3.8, 4) is 0 Å². The first-order valence-electron chi connectivity index (χ1n) is 8.59. The van der Waals surface area contributed by atoms with E-state index >= 15 is 0 Å². The van der Waals surface area contributed by atoms with Gasteiger partial charge in [-0.1, -0.05) is 22.0 Å². The SMILES string of the molecule is O=C(CCCC(=O)OCC(=O)Nc1cccc([N+](=O)[O-])c1)Nc1ccc(Br)cc1. The summed E-state index contributed by atoms with van der Waals surface area (Å²) in [5, 5.41) is 15.8. The molecule has 2 aromatic rings. The van der Waals surface area contributed by atoms with Crippen molar-refractivity contribution in [2.75, 3.05) is 17.2 Å². The smallest absolute Gasteiger partial charge is 0.306 e. The second-order valence-corrected chi connectivity index (χ2v) is 6.84. The molecule has 0 spiro atoms. The molecule has 2 aromatic carbocycles. The lowest BCUT2D eigenvalue weighted by Crippen LogP contribution is -2.21. The number of rotatable bonds is 9. The van der Waals surface area contributed by atoms with E-state index in [9.17, 15) is 24.5 Å². The molecule has 0 saturated carbocycles. The van der Waals surface area contributed by atoms with Gasteiger partial charge in [-0.15, -0.1) is 0 Å². The fraction of sp³-hybridized carbons (Fsp3) is 0.211. The van der Waals surface area contributed by atoms with E-state index in [0.717, 1.165) is 4.47 Å². The second-order valence-electron chi connectivity index (χ2n) is 5.92. The quantitative estimate of drug-likeness (QED) is 0.331. The molecule has 0 fully saturated rings. The monoisotopic (exact) mass is 463 g/mol. The van der Waals surface area contributed by atoms with Crippen LogP contribution in [-0.4, -0.2) is 29.3 Å². The van der Waals surface area contributed by atoms with Gasteiger partial charge in [0.15, 0.2) is 6.61 Å². The predicted molar refractivity (Wildman–Crippen MR) is 109 cm³/mol. The zero-order chi connectivity index (χ0) is 21.2. The zero-order valence-corrected chi connectivity index (χ0v) is 16.8. The minimum atomic E-state index is -0.619. The van der Waals surface area contributed by atoms with Crippen molar-refractivity contribution in [2.24, 2.45) is 0 Å². The lowest BCUT2D eigenvalue weighted by Gasteiger charge is -2.07. The normalized spacial score (nSPS) is 10.1. The van der Waals surface area contributed by atoms with Gasteiger partial charge in [-0.25, -0.2) is 0 Å². The highest BCUT2D eigenvalue weighted by Gasteiger charge is 2.11. The molecule has 0 saturated heterocycles. The summed E-state index contributed by atoms with van der Waals surface area (Å²) in [7, 11) is 0.